The number of hydrogen-bond acceptors (Lipinski definition) is 4. The Hall–Kier alpha value is -1.24. The van der Waals surface area contributed by atoms with Gasteiger partial charge < -0.3 is 10.2 Å². The van der Waals surface area contributed by atoms with Gasteiger partial charge in [-0.3, -0.25) is 4.68 Å². The van der Waals surface area contributed by atoms with Crippen LogP contribution in [-0.2, 0) is 13.6 Å². The molecule has 0 amide bonds. The van der Waals surface area contributed by atoms with Crippen LogP contribution in [0.25, 0.3) is 0 Å². The maximum absolute atomic E-state index is 4.71. The highest BCUT2D eigenvalue weighted by molar-refractivity contribution is 8.00. The summed E-state index contributed by atoms with van der Waals surface area (Å²) in [6.45, 7) is 7.95. The largest absolute Gasteiger partial charge is 0.357 e. The van der Waals surface area contributed by atoms with E-state index < -0.39 is 0 Å². The molecular formula is C13H24N6S. The third-order valence-electron chi connectivity index (χ3n) is 3.40. The van der Waals surface area contributed by atoms with Crippen LogP contribution in [0.4, 0.5) is 0 Å². The van der Waals surface area contributed by atoms with Crippen LogP contribution in [0.3, 0.4) is 0 Å². The molecule has 0 aliphatic carbocycles. The minimum absolute atomic E-state index is 0.569. The number of aromatic nitrogens is 3. The number of nitrogens with one attached hydrogen (secondary N) is 1. The van der Waals surface area contributed by atoms with Crippen molar-refractivity contribution < 1.29 is 0 Å². The van der Waals surface area contributed by atoms with Gasteiger partial charge in [-0.15, -0.1) is 0 Å². The third kappa shape index (κ3) is 3.88. The van der Waals surface area contributed by atoms with Crippen molar-refractivity contribution in [2.45, 2.75) is 32.1 Å². The first-order valence-electron chi connectivity index (χ1n) is 7.22. The van der Waals surface area contributed by atoms with Gasteiger partial charge in [0.05, 0.1) is 0 Å². The molecular weight excluding hydrogens is 272 g/mol. The summed E-state index contributed by atoms with van der Waals surface area (Å²) in [6.07, 6.45) is 2.78. The fraction of sp³-hybridized carbons (Fsp3) is 0.769. The van der Waals surface area contributed by atoms with Gasteiger partial charge in [-0.05, 0) is 13.3 Å². The van der Waals surface area contributed by atoms with Crippen molar-refractivity contribution >= 4 is 17.7 Å². The number of aliphatic imine (C=N–C) groups is 1. The van der Waals surface area contributed by atoms with Gasteiger partial charge in [0.2, 0.25) is 0 Å². The number of aryl methyl sites for hydroxylation is 1. The molecule has 1 N–H and O–H groups in total. The zero-order valence-electron chi connectivity index (χ0n) is 12.5. The molecule has 7 heteroatoms. The van der Waals surface area contributed by atoms with Gasteiger partial charge in [0.15, 0.2) is 5.96 Å². The lowest BCUT2D eigenvalue weighted by Crippen LogP contribution is -2.48. The monoisotopic (exact) mass is 296 g/mol. The standard InChI is InChI=1S/C13H24N6S/c1-4-11-9-19(6-7-20-11)13(14-5-2)15-8-12-16-10-17-18(12)3/h10-11H,4-9H2,1-3H3,(H,14,15). The maximum atomic E-state index is 4.71. The fourth-order valence-electron chi connectivity index (χ4n) is 2.19. The summed E-state index contributed by atoms with van der Waals surface area (Å²) >= 11 is 2.07. The molecule has 0 saturated carbocycles. The molecule has 112 valence electrons. The predicted molar refractivity (Wildman–Crippen MR) is 83.9 cm³/mol. The van der Waals surface area contributed by atoms with E-state index in [2.05, 4.69) is 45.9 Å². The summed E-state index contributed by atoms with van der Waals surface area (Å²) < 4.78 is 1.77. The van der Waals surface area contributed by atoms with Gasteiger partial charge in [0.1, 0.15) is 18.7 Å². The number of nitrogens with zero attached hydrogens (tertiary/aromatic N) is 5. The Morgan fingerprint density at radius 1 is 1.55 bits per heavy atom. The van der Waals surface area contributed by atoms with E-state index >= 15 is 0 Å². The fourth-order valence-corrected chi connectivity index (χ4v) is 3.37. The Kier molecular flexibility index (Phi) is 5.70. The molecule has 2 heterocycles. The topological polar surface area (TPSA) is 58.3 Å². The van der Waals surface area contributed by atoms with Crippen molar-refractivity contribution in [3.05, 3.63) is 12.2 Å². The van der Waals surface area contributed by atoms with Crippen LogP contribution >= 0.6 is 11.8 Å². The minimum atomic E-state index is 0.569. The highest BCUT2D eigenvalue weighted by Gasteiger charge is 2.21. The second kappa shape index (κ2) is 7.52. The lowest BCUT2D eigenvalue weighted by molar-refractivity contribution is 0.407. The SMILES string of the molecule is CCNC(=NCc1ncnn1C)N1CCSC(CC)C1. The normalized spacial score (nSPS) is 20.2. The molecule has 1 aromatic heterocycles. The summed E-state index contributed by atoms with van der Waals surface area (Å²) in [5, 5.41) is 8.18. The van der Waals surface area contributed by atoms with E-state index in [1.54, 1.807) is 11.0 Å². The highest BCUT2D eigenvalue weighted by Crippen LogP contribution is 2.21. The molecule has 0 aromatic carbocycles. The van der Waals surface area contributed by atoms with E-state index in [0.717, 1.165) is 31.4 Å². The van der Waals surface area contributed by atoms with E-state index in [1.165, 1.54) is 12.2 Å². The number of thioether (sulfide) groups is 1. The molecule has 1 aliphatic heterocycles. The van der Waals surface area contributed by atoms with Gasteiger partial charge in [-0.1, -0.05) is 6.92 Å². The summed E-state index contributed by atoms with van der Waals surface area (Å²) in [6, 6.07) is 0. The molecule has 1 unspecified atom stereocenters. The number of hydrogen-bond donors (Lipinski definition) is 1. The van der Waals surface area contributed by atoms with E-state index in [9.17, 15) is 0 Å². The van der Waals surface area contributed by atoms with Crippen molar-refractivity contribution in [2.75, 3.05) is 25.4 Å². The second-order valence-corrected chi connectivity index (χ2v) is 6.23. The Balaban J connectivity index is 2.03. The molecule has 0 spiro atoms. The zero-order valence-corrected chi connectivity index (χ0v) is 13.4. The highest BCUT2D eigenvalue weighted by atomic mass is 32.2. The molecule has 0 bridgehead atoms. The quantitative estimate of drug-likeness (QED) is 0.666. The van der Waals surface area contributed by atoms with Gasteiger partial charge >= 0.3 is 0 Å². The molecule has 20 heavy (non-hydrogen) atoms. The van der Waals surface area contributed by atoms with E-state index in [0.29, 0.717) is 11.8 Å². The van der Waals surface area contributed by atoms with E-state index in [1.807, 2.05) is 7.05 Å². The summed E-state index contributed by atoms with van der Waals surface area (Å²) in [7, 11) is 1.90. The molecule has 2 rings (SSSR count). The average molecular weight is 296 g/mol. The van der Waals surface area contributed by atoms with Crippen LogP contribution in [0, 0.1) is 0 Å². The molecule has 1 aromatic rings. The van der Waals surface area contributed by atoms with E-state index in [-0.39, 0.29) is 0 Å². The van der Waals surface area contributed by atoms with Crippen LogP contribution in [-0.4, -0.2) is 56.3 Å². The maximum Gasteiger partial charge on any atom is 0.194 e. The van der Waals surface area contributed by atoms with Gasteiger partial charge in [-0.25, -0.2) is 9.98 Å². The predicted octanol–water partition coefficient (Wildman–Crippen LogP) is 1.11. The van der Waals surface area contributed by atoms with Gasteiger partial charge in [-0.2, -0.15) is 16.9 Å². The lowest BCUT2D eigenvalue weighted by Gasteiger charge is -2.34. The lowest BCUT2D eigenvalue weighted by atomic mass is 10.3. The molecule has 0 radical (unpaired) electrons. The Labute approximate surface area is 125 Å². The Morgan fingerprint density at radius 2 is 2.40 bits per heavy atom. The molecule has 6 nitrogen and oxygen atoms in total. The average Bonchev–Trinajstić information content (AvgIpc) is 2.89. The molecule has 1 fully saturated rings. The first-order chi connectivity index (χ1) is 9.74. The first-order valence-corrected chi connectivity index (χ1v) is 8.27. The first kappa shape index (κ1) is 15.2. The van der Waals surface area contributed by atoms with Crippen LogP contribution < -0.4 is 5.32 Å². The van der Waals surface area contributed by atoms with Gasteiger partial charge in [0.25, 0.3) is 0 Å². The third-order valence-corrected chi connectivity index (χ3v) is 4.78. The van der Waals surface area contributed by atoms with Crippen LogP contribution in [0.2, 0.25) is 0 Å². The smallest absolute Gasteiger partial charge is 0.194 e. The zero-order chi connectivity index (χ0) is 14.4. The van der Waals surface area contributed by atoms with Crippen molar-refractivity contribution in [3.63, 3.8) is 0 Å². The summed E-state index contributed by atoms with van der Waals surface area (Å²) in [4.78, 5) is 11.3. The molecule has 1 saturated heterocycles. The van der Waals surface area contributed by atoms with Crippen LogP contribution in [0.1, 0.15) is 26.1 Å². The van der Waals surface area contributed by atoms with Crippen LogP contribution in [0.15, 0.2) is 11.3 Å². The molecule has 1 atom stereocenters. The summed E-state index contributed by atoms with van der Waals surface area (Å²) in [5.41, 5.74) is 0. The van der Waals surface area contributed by atoms with Crippen LogP contribution in [0.5, 0.6) is 0 Å². The van der Waals surface area contributed by atoms with Gasteiger partial charge in [0, 0.05) is 37.7 Å². The Bertz CT molecular complexity index is 444. The molecule has 1 aliphatic rings. The minimum Gasteiger partial charge on any atom is -0.357 e. The number of guanidine groups is 1. The van der Waals surface area contributed by atoms with Crippen molar-refractivity contribution in [3.8, 4) is 0 Å². The van der Waals surface area contributed by atoms with Crippen molar-refractivity contribution in [2.24, 2.45) is 12.0 Å². The Morgan fingerprint density at radius 3 is 3.05 bits per heavy atom. The second-order valence-electron chi connectivity index (χ2n) is 4.82. The summed E-state index contributed by atoms with van der Waals surface area (Å²) in [5.74, 6) is 3.06. The van der Waals surface area contributed by atoms with Crippen molar-refractivity contribution in [1.82, 2.24) is 25.0 Å². The van der Waals surface area contributed by atoms with Crippen molar-refractivity contribution in [1.29, 1.82) is 0 Å². The van der Waals surface area contributed by atoms with E-state index in [4.69, 9.17) is 4.99 Å². The number of rotatable bonds is 4.